The van der Waals surface area contributed by atoms with E-state index in [4.69, 9.17) is 10.2 Å². The highest BCUT2D eigenvalue weighted by Crippen LogP contribution is 2.21. The molecular weight excluding hydrogens is 214 g/mol. The summed E-state index contributed by atoms with van der Waals surface area (Å²) in [5.74, 6) is 0.552. The molecule has 2 N–H and O–H groups in total. The van der Waals surface area contributed by atoms with E-state index in [0.29, 0.717) is 18.5 Å². The first-order valence-corrected chi connectivity index (χ1v) is 6.01. The van der Waals surface area contributed by atoms with Gasteiger partial charge in [-0.3, -0.25) is 0 Å². The van der Waals surface area contributed by atoms with Crippen molar-refractivity contribution in [1.29, 1.82) is 0 Å². The quantitative estimate of drug-likeness (QED) is 0.860. The van der Waals surface area contributed by atoms with Crippen LogP contribution < -0.4 is 10.6 Å². The van der Waals surface area contributed by atoms with Crippen molar-refractivity contribution in [3.63, 3.8) is 0 Å². The number of nitrogens with two attached hydrogens (primary N) is 1. The average Bonchev–Trinajstić information content (AvgIpc) is 2.71. The molecule has 0 unspecified atom stereocenters. The summed E-state index contributed by atoms with van der Waals surface area (Å²) in [6.07, 6.45) is 0. The molecular formula is C13H19N3O. The maximum atomic E-state index is 5.74. The molecule has 0 saturated heterocycles. The van der Waals surface area contributed by atoms with E-state index < -0.39 is 0 Å². The summed E-state index contributed by atoms with van der Waals surface area (Å²) in [6.45, 7) is 6.62. The Kier molecular flexibility index (Phi) is 3.64. The zero-order chi connectivity index (χ0) is 12.3. The van der Waals surface area contributed by atoms with Crippen LogP contribution in [0.5, 0.6) is 0 Å². The smallest absolute Gasteiger partial charge is 0.298 e. The Labute approximate surface area is 101 Å². The van der Waals surface area contributed by atoms with Gasteiger partial charge in [0.25, 0.3) is 6.01 Å². The summed E-state index contributed by atoms with van der Waals surface area (Å²) < 4.78 is 5.74. The van der Waals surface area contributed by atoms with Gasteiger partial charge in [-0.1, -0.05) is 26.0 Å². The molecule has 4 nitrogen and oxygen atoms in total. The maximum Gasteiger partial charge on any atom is 0.298 e. The second kappa shape index (κ2) is 5.19. The normalized spacial score (nSPS) is 11.3. The van der Waals surface area contributed by atoms with Crippen LogP contribution >= 0.6 is 0 Å². The molecule has 0 radical (unpaired) electrons. The van der Waals surface area contributed by atoms with E-state index in [1.165, 1.54) is 0 Å². The fourth-order valence-corrected chi connectivity index (χ4v) is 1.86. The monoisotopic (exact) mass is 233 g/mol. The molecule has 4 heteroatoms. The van der Waals surface area contributed by atoms with E-state index in [9.17, 15) is 0 Å². The van der Waals surface area contributed by atoms with Gasteiger partial charge in [0.1, 0.15) is 5.52 Å². The molecule has 0 atom stereocenters. The Morgan fingerprint density at radius 3 is 2.76 bits per heavy atom. The second-order valence-electron chi connectivity index (χ2n) is 4.59. The minimum atomic E-state index is 0.552. The fourth-order valence-electron chi connectivity index (χ4n) is 1.86. The Morgan fingerprint density at radius 1 is 1.35 bits per heavy atom. The summed E-state index contributed by atoms with van der Waals surface area (Å²) in [7, 11) is 0. The van der Waals surface area contributed by atoms with Gasteiger partial charge >= 0.3 is 0 Å². The molecule has 0 spiro atoms. The minimum absolute atomic E-state index is 0.552. The number of anilines is 1. The summed E-state index contributed by atoms with van der Waals surface area (Å²) >= 11 is 0. The molecule has 0 aliphatic carbocycles. The third kappa shape index (κ3) is 2.77. The van der Waals surface area contributed by atoms with Crippen molar-refractivity contribution in [3.8, 4) is 0 Å². The van der Waals surface area contributed by atoms with E-state index in [-0.39, 0.29) is 0 Å². The summed E-state index contributed by atoms with van der Waals surface area (Å²) in [6, 6.07) is 8.47. The van der Waals surface area contributed by atoms with Crippen molar-refractivity contribution in [3.05, 3.63) is 24.3 Å². The predicted octanol–water partition coefficient (Wildman–Crippen LogP) is 2.25. The van der Waals surface area contributed by atoms with Gasteiger partial charge in [0.15, 0.2) is 5.58 Å². The summed E-state index contributed by atoms with van der Waals surface area (Å²) in [4.78, 5) is 6.59. The molecule has 0 fully saturated rings. The lowest BCUT2D eigenvalue weighted by Crippen LogP contribution is -2.32. The van der Waals surface area contributed by atoms with Crippen LogP contribution in [0.4, 0.5) is 6.01 Å². The predicted molar refractivity (Wildman–Crippen MR) is 70.1 cm³/mol. The fraction of sp³-hybridized carbons (Fsp3) is 0.462. The van der Waals surface area contributed by atoms with E-state index in [0.717, 1.165) is 24.2 Å². The van der Waals surface area contributed by atoms with Crippen LogP contribution in [0.3, 0.4) is 0 Å². The Bertz CT molecular complexity index is 445. The van der Waals surface area contributed by atoms with Crippen LogP contribution in [0, 0.1) is 5.92 Å². The molecule has 92 valence electrons. The average molecular weight is 233 g/mol. The zero-order valence-corrected chi connectivity index (χ0v) is 10.4. The van der Waals surface area contributed by atoms with E-state index >= 15 is 0 Å². The van der Waals surface area contributed by atoms with Crippen molar-refractivity contribution in [2.45, 2.75) is 13.8 Å². The number of hydrogen-bond donors (Lipinski definition) is 1. The van der Waals surface area contributed by atoms with Gasteiger partial charge in [0, 0.05) is 19.6 Å². The molecule has 2 rings (SSSR count). The molecule has 1 aromatic heterocycles. The van der Waals surface area contributed by atoms with Gasteiger partial charge in [-0.25, -0.2) is 0 Å². The van der Waals surface area contributed by atoms with Crippen LogP contribution in [-0.2, 0) is 0 Å². The first kappa shape index (κ1) is 11.9. The van der Waals surface area contributed by atoms with Crippen molar-refractivity contribution < 1.29 is 4.42 Å². The summed E-state index contributed by atoms with van der Waals surface area (Å²) in [5, 5.41) is 0. The lowest BCUT2D eigenvalue weighted by molar-refractivity contribution is 0.530. The van der Waals surface area contributed by atoms with E-state index in [1.807, 2.05) is 24.3 Å². The molecule has 0 amide bonds. The molecule has 17 heavy (non-hydrogen) atoms. The van der Waals surface area contributed by atoms with Crippen molar-refractivity contribution >= 4 is 17.1 Å². The Morgan fingerprint density at radius 2 is 2.12 bits per heavy atom. The van der Waals surface area contributed by atoms with Crippen LogP contribution in [-0.4, -0.2) is 24.6 Å². The second-order valence-corrected chi connectivity index (χ2v) is 4.59. The molecule has 0 aliphatic rings. The van der Waals surface area contributed by atoms with Gasteiger partial charge in [-0.05, 0) is 18.1 Å². The molecule has 2 aromatic rings. The maximum absolute atomic E-state index is 5.74. The molecule has 1 heterocycles. The van der Waals surface area contributed by atoms with Crippen LogP contribution in [0.2, 0.25) is 0 Å². The number of para-hydroxylation sites is 2. The van der Waals surface area contributed by atoms with Gasteiger partial charge < -0.3 is 15.1 Å². The molecule has 0 aliphatic heterocycles. The standard InChI is InChI=1S/C13H19N3O/c1-10(2)9-16(8-7-14)13-15-11-5-3-4-6-12(11)17-13/h3-6,10H,7-9,14H2,1-2H3. The SMILES string of the molecule is CC(C)CN(CCN)c1nc2ccccc2o1. The Balaban J connectivity index is 2.27. The van der Waals surface area contributed by atoms with E-state index in [1.54, 1.807) is 0 Å². The van der Waals surface area contributed by atoms with Gasteiger partial charge in [0.05, 0.1) is 0 Å². The van der Waals surface area contributed by atoms with Gasteiger partial charge in [-0.2, -0.15) is 4.98 Å². The lowest BCUT2D eigenvalue weighted by Gasteiger charge is -2.21. The number of benzene rings is 1. The highest BCUT2D eigenvalue weighted by molar-refractivity contribution is 5.74. The van der Waals surface area contributed by atoms with E-state index in [2.05, 4.69) is 23.7 Å². The van der Waals surface area contributed by atoms with Gasteiger partial charge in [0.2, 0.25) is 0 Å². The number of nitrogens with zero attached hydrogens (tertiary/aromatic N) is 2. The zero-order valence-electron chi connectivity index (χ0n) is 10.4. The third-order valence-electron chi connectivity index (χ3n) is 2.54. The van der Waals surface area contributed by atoms with Crippen molar-refractivity contribution in [2.75, 3.05) is 24.5 Å². The highest BCUT2D eigenvalue weighted by atomic mass is 16.4. The number of aromatic nitrogens is 1. The molecule has 0 saturated carbocycles. The largest absolute Gasteiger partial charge is 0.423 e. The van der Waals surface area contributed by atoms with Crippen LogP contribution in [0.1, 0.15) is 13.8 Å². The lowest BCUT2D eigenvalue weighted by atomic mass is 10.2. The number of fused-ring (bicyclic) bond motifs is 1. The van der Waals surface area contributed by atoms with Crippen molar-refractivity contribution in [2.24, 2.45) is 11.7 Å². The molecule has 1 aromatic carbocycles. The Hall–Kier alpha value is -1.55. The first-order chi connectivity index (χ1) is 8.20. The van der Waals surface area contributed by atoms with Crippen LogP contribution in [0.25, 0.3) is 11.1 Å². The summed E-state index contributed by atoms with van der Waals surface area (Å²) in [5.41, 5.74) is 7.35. The van der Waals surface area contributed by atoms with Crippen molar-refractivity contribution in [1.82, 2.24) is 4.98 Å². The third-order valence-corrected chi connectivity index (χ3v) is 2.54. The first-order valence-electron chi connectivity index (χ1n) is 6.01. The highest BCUT2D eigenvalue weighted by Gasteiger charge is 2.14. The molecule has 0 bridgehead atoms. The number of hydrogen-bond acceptors (Lipinski definition) is 4. The minimum Gasteiger partial charge on any atom is -0.423 e. The number of oxazole rings is 1. The topological polar surface area (TPSA) is 55.3 Å². The van der Waals surface area contributed by atoms with Gasteiger partial charge in [-0.15, -0.1) is 0 Å². The van der Waals surface area contributed by atoms with Crippen LogP contribution in [0.15, 0.2) is 28.7 Å². The number of rotatable bonds is 5.